The van der Waals surface area contributed by atoms with Crippen molar-refractivity contribution >= 4 is 17.5 Å². The molecule has 1 aromatic rings. The van der Waals surface area contributed by atoms with Gasteiger partial charge in [-0.15, -0.1) is 0 Å². The normalized spacial score (nSPS) is 22.0. The minimum atomic E-state index is -0.206. The molecular weight excluding hydrogens is 350 g/mol. The Morgan fingerprint density at radius 2 is 1.93 bits per heavy atom. The summed E-state index contributed by atoms with van der Waals surface area (Å²) in [5.41, 5.74) is 2.19. The molecule has 5 heteroatoms. The molecule has 2 unspecified atom stereocenters. The Morgan fingerprint density at radius 3 is 2.61 bits per heavy atom. The molecule has 2 amide bonds. The van der Waals surface area contributed by atoms with E-state index in [0.717, 1.165) is 51.1 Å². The fraction of sp³-hybridized carbons (Fsp3) is 0.652. The number of carbonyl (C=O) groups excluding carboxylic acids is 2. The standard InChI is InChI=1S/C23H35N3O2/c1-4-17(3)20-8-6-7-9-21(20)26-16-19(14-22(26)27)23(28)25-12-10-18(11-13-25)15-24-5-2/h6-9,17-19,24H,4-5,10-16H2,1-3H3. The summed E-state index contributed by atoms with van der Waals surface area (Å²) >= 11 is 0. The maximum absolute atomic E-state index is 13.0. The van der Waals surface area contributed by atoms with Gasteiger partial charge in [-0.25, -0.2) is 0 Å². The van der Waals surface area contributed by atoms with Crippen LogP contribution in [0.4, 0.5) is 5.69 Å². The van der Waals surface area contributed by atoms with Crippen molar-refractivity contribution in [3.63, 3.8) is 0 Å². The highest BCUT2D eigenvalue weighted by atomic mass is 16.2. The molecule has 0 radical (unpaired) electrons. The summed E-state index contributed by atoms with van der Waals surface area (Å²) in [6, 6.07) is 8.16. The minimum Gasteiger partial charge on any atom is -0.342 e. The number of benzene rings is 1. The molecule has 0 bridgehead atoms. The second-order valence-corrected chi connectivity index (χ2v) is 8.35. The maximum atomic E-state index is 13.0. The molecule has 3 rings (SSSR count). The third kappa shape index (κ3) is 4.57. The van der Waals surface area contributed by atoms with E-state index in [1.54, 1.807) is 0 Å². The number of nitrogens with one attached hydrogen (secondary N) is 1. The van der Waals surface area contributed by atoms with Crippen LogP contribution in [-0.4, -0.2) is 49.4 Å². The molecule has 0 aromatic heterocycles. The number of nitrogens with zero attached hydrogens (tertiary/aromatic N) is 2. The van der Waals surface area contributed by atoms with E-state index in [4.69, 9.17) is 0 Å². The van der Waals surface area contributed by atoms with Crippen LogP contribution >= 0.6 is 0 Å². The Balaban J connectivity index is 1.63. The highest BCUT2D eigenvalue weighted by Gasteiger charge is 2.38. The quantitative estimate of drug-likeness (QED) is 0.783. The van der Waals surface area contributed by atoms with Gasteiger partial charge in [-0.1, -0.05) is 39.0 Å². The summed E-state index contributed by atoms with van der Waals surface area (Å²) in [4.78, 5) is 29.6. The summed E-state index contributed by atoms with van der Waals surface area (Å²) in [6.07, 6.45) is 3.48. The fourth-order valence-electron chi connectivity index (χ4n) is 4.44. The van der Waals surface area contributed by atoms with Crippen molar-refractivity contribution < 1.29 is 9.59 Å². The first-order chi connectivity index (χ1) is 13.5. The van der Waals surface area contributed by atoms with E-state index < -0.39 is 0 Å². The SMILES string of the molecule is CCNCC1CCN(C(=O)C2CC(=O)N(c3ccccc3C(C)CC)C2)CC1. The third-order valence-corrected chi connectivity index (χ3v) is 6.45. The zero-order valence-corrected chi connectivity index (χ0v) is 17.6. The van der Waals surface area contributed by atoms with Gasteiger partial charge in [0, 0.05) is 31.7 Å². The van der Waals surface area contributed by atoms with Gasteiger partial charge in [-0.2, -0.15) is 0 Å². The Kier molecular flexibility index (Phi) is 7.11. The Morgan fingerprint density at radius 1 is 1.21 bits per heavy atom. The predicted octanol–water partition coefficient (Wildman–Crippen LogP) is 3.40. The monoisotopic (exact) mass is 385 g/mol. The van der Waals surface area contributed by atoms with Crippen LogP contribution in [0.25, 0.3) is 0 Å². The second-order valence-electron chi connectivity index (χ2n) is 8.35. The molecule has 1 N–H and O–H groups in total. The van der Waals surface area contributed by atoms with Gasteiger partial charge in [0.1, 0.15) is 0 Å². The predicted molar refractivity (Wildman–Crippen MR) is 113 cm³/mol. The fourth-order valence-corrected chi connectivity index (χ4v) is 4.44. The van der Waals surface area contributed by atoms with Crippen molar-refractivity contribution in [2.24, 2.45) is 11.8 Å². The summed E-state index contributed by atoms with van der Waals surface area (Å²) in [6.45, 7) is 10.7. The summed E-state index contributed by atoms with van der Waals surface area (Å²) in [5.74, 6) is 1.10. The number of hydrogen-bond acceptors (Lipinski definition) is 3. The molecule has 2 saturated heterocycles. The molecule has 2 atom stereocenters. The lowest BCUT2D eigenvalue weighted by atomic mass is 9.95. The average Bonchev–Trinajstić information content (AvgIpc) is 3.13. The van der Waals surface area contributed by atoms with Crippen LogP contribution in [-0.2, 0) is 9.59 Å². The largest absolute Gasteiger partial charge is 0.342 e. The van der Waals surface area contributed by atoms with Gasteiger partial charge >= 0.3 is 0 Å². The highest BCUT2D eigenvalue weighted by molar-refractivity contribution is 6.00. The number of anilines is 1. The van der Waals surface area contributed by atoms with Crippen LogP contribution in [0.2, 0.25) is 0 Å². The molecule has 2 aliphatic heterocycles. The number of rotatable bonds is 7. The van der Waals surface area contributed by atoms with Crippen molar-refractivity contribution in [1.82, 2.24) is 10.2 Å². The topological polar surface area (TPSA) is 52.7 Å². The van der Waals surface area contributed by atoms with Gasteiger partial charge in [0.05, 0.1) is 5.92 Å². The zero-order chi connectivity index (χ0) is 20.1. The first kappa shape index (κ1) is 20.8. The van der Waals surface area contributed by atoms with Crippen molar-refractivity contribution in [2.75, 3.05) is 37.6 Å². The lowest BCUT2D eigenvalue weighted by Crippen LogP contribution is -2.44. The molecule has 5 nitrogen and oxygen atoms in total. The lowest BCUT2D eigenvalue weighted by Gasteiger charge is -2.33. The number of para-hydroxylation sites is 1. The van der Waals surface area contributed by atoms with Crippen LogP contribution in [0, 0.1) is 11.8 Å². The third-order valence-electron chi connectivity index (χ3n) is 6.45. The van der Waals surface area contributed by atoms with Crippen molar-refractivity contribution in [3.8, 4) is 0 Å². The number of amides is 2. The van der Waals surface area contributed by atoms with Gasteiger partial charge in [-0.3, -0.25) is 9.59 Å². The van der Waals surface area contributed by atoms with Gasteiger partial charge < -0.3 is 15.1 Å². The average molecular weight is 386 g/mol. The molecule has 0 aliphatic carbocycles. The van der Waals surface area contributed by atoms with Crippen LogP contribution in [0.5, 0.6) is 0 Å². The molecule has 154 valence electrons. The molecule has 0 saturated carbocycles. The number of carbonyl (C=O) groups is 2. The van der Waals surface area contributed by atoms with Gasteiger partial charge in [0.2, 0.25) is 11.8 Å². The minimum absolute atomic E-state index is 0.0798. The summed E-state index contributed by atoms with van der Waals surface area (Å²) < 4.78 is 0. The Labute approximate surface area is 169 Å². The van der Waals surface area contributed by atoms with Crippen molar-refractivity contribution in [2.45, 2.75) is 52.4 Å². The number of hydrogen-bond donors (Lipinski definition) is 1. The van der Waals surface area contributed by atoms with E-state index in [9.17, 15) is 9.59 Å². The zero-order valence-electron chi connectivity index (χ0n) is 17.6. The molecule has 1 aromatic carbocycles. The Hall–Kier alpha value is -1.88. The first-order valence-corrected chi connectivity index (χ1v) is 10.9. The van der Waals surface area contributed by atoms with Gasteiger partial charge in [-0.05, 0) is 55.8 Å². The second kappa shape index (κ2) is 9.55. The van der Waals surface area contributed by atoms with Crippen LogP contribution in [0.1, 0.15) is 57.9 Å². The molecule has 2 heterocycles. The molecule has 28 heavy (non-hydrogen) atoms. The van der Waals surface area contributed by atoms with E-state index in [2.05, 4.69) is 32.2 Å². The first-order valence-electron chi connectivity index (χ1n) is 10.9. The molecule has 0 spiro atoms. The smallest absolute Gasteiger partial charge is 0.228 e. The number of piperidine rings is 1. The molecule has 2 fully saturated rings. The lowest BCUT2D eigenvalue weighted by molar-refractivity contribution is -0.137. The number of likely N-dealkylation sites (tertiary alicyclic amines) is 1. The van der Waals surface area contributed by atoms with Crippen molar-refractivity contribution in [3.05, 3.63) is 29.8 Å². The van der Waals surface area contributed by atoms with Crippen LogP contribution in [0.15, 0.2) is 24.3 Å². The Bertz CT molecular complexity index is 682. The van der Waals surface area contributed by atoms with Crippen LogP contribution < -0.4 is 10.2 Å². The summed E-state index contributed by atoms with van der Waals surface area (Å²) in [5, 5.41) is 3.41. The highest BCUT2D eigenvalue weighted by Crippen LogP contribution is 2.34. The molecule has 2 aliphatic rings. The van der Waals surface area contributed by atoms with E-state index in [0.29, 0.717) is 24.8 Å². The molecular formula is C23H35N3O2. The summed E-state index contributed by atoms with van der Waals surface area (Å²) in [7, 11) is 0. The van der Waals surface area contributed by atoms with E-state index >= 15 is 0 Å². The van der Waals surface area contributed by atoms with E-state index in [1.165, 1.54) is 5.56 Å². The van der Waals surface area contributed by atoms with Gasteiger partial charge in [0.15, 0.2) is 0 Å². The van der Waals surface area contributed by atoms with Crippen LogP contribution in [0.3, 0.4) is 0 Å². The maximum Gasteiger partial charge on any atom is 0.228 e. The van der Waals surface area contributed by atoms with Gasteiger partial charge in [0.25, 0.3) is 0 Å². The van der Waals surface area contributed by atoms with Crippen molar-refractivity contribution in [1.29, 1.82) is 0 Å². The van der Waals surface area contributed by atoms with E-state index in [-0.39, 0.29) is 17.7 Å². The van der Waals surface area contributed by atoms with E-state index in [1.807, 2.05) is 28.0 Å².